The molecule has 0 atom stereocenters. The quantitative estimate of drug-likeness (QED) is 0.444. The van der Waals surface area contributed by atoms with E-state index >= 15 is 0 Å². The maximum atomic E-state index is 8.77. The van der Waals surface area contributed by atoms with Crippen molar-refractivity contribution in [3.8, 4) is 0 Å². The van der Waals surface area contributed by atoms with Gasteiger partial charge in [-0.3, -0.25) is 0 Å². The summed E-state index contributed by atoms with van der Waals surface area (Å²) in [6.07, 6.45) is 0. The Balaban J connectivity index is 0. The van der Waals surface area contributed by atoms with Gasteiger partial charge >= 0.3 is 5.43 Å². The second-order valence-corrected chi connectivity index (χ2v) is 0.576. The summed E-state index contributed by atoms with van der Waals surface area (Å²) in [5.41, 5.74) is -1.36. The van der Waals surface area contributed by atoms with Crippen LogP contribution in [0.4, 0.5) is 4.79 Å². The Bertz CT molecular complexity index is 32.6. The van der Waals surface area contributed by atoms with Crippen LogP contribution >= 0.6 is 11.6 Å². The molecule has 0 rings (SSSR count). The van der Waals surface area contributed by atoms with Gasteiger partial charge in [-0.2, -0.15) is 0 Å². The SMILES string of the molecule is N.O=C(O)Cl. The molecule has 0 bridgehead atoms. The third-order valence-corrected chi connectivity index (χ3v) is 0. The fraction of sp³-hybridized carbons (Fsp3) is 0. The second-order valence-electron chi connectivity index (χ2n) is 0.253. The molecule has 0 heterocycles. The van der Waals surface area contributed by atoms with E-state index in [4.69, 9.17) is 9.90 Å². The van der Waals surface area contributed by atoms with E-state index in [-0.39, 0.29) is 6.15 Å². The van der Waals surface area contributed by atoms with Gasteiger partial charge in [0.05, 0.1) is 0 Å². The minimum absolute atomic E-state index is 0. The maximum absolute atomic E-state index is 8.77. The molecule has 0 fully saturated rings. The summed E-state index contributed by atoms with van der Waals surface area (Å²) in [4.78, 5) is 8.77. The summed E-state index contributed by atoms with van der Waals surface area (Å²) in [5.74, 6) is 0. The van der Waals surface area contributed by atoms with Crippen LogP contribution in [0.3, 0.4) is 0 Å². The van der Waals surface area contributed by atoms with Gasteiger partial charge in [0.25, 0.3) is 0 Å². The van der Waals surface area contributed by atoms with Crippen molar-refractivity contribution in [2.24, 2.45) is 0 Å². The number of carboxylic acid groups (broad SMARTS) is 1. The fourth-order valence-electron chi connectivity index (χ4n) is 0. The Morgan fingerprint density at radius 2 is 1.80 bits per heavy atom. The van der Waals surface area contributed by atoms with Crippen LogP contribution in [-0.4, -0.2) is 10.5 Å². The topological polar surface area (TPSA) is 72.3 Å². The lowest BCUT2D eigenvalue weighted by atomic mass is 11.6. The van der Waals surface area contributed by atoms with Crippen molar-refractivity contribution in [2.45, 2.75) is 0 Å². The molecule has 4 N–H and O–H groups in total. The standard InChI is InChI=1S/CHClO2.H3N/c2-1(3)4;/h(H,3,4);1H3. The summed E-state index contributed by atoms with van der Waals surface area (Å²) in [5, 5.41) is 7.18. The van der Waals surface area contributed by atoms with Crippen LogP contribution in [0.25, 0.3) is 0 Å². The molecular formula is CH4ClNO2. The zero-order chi connectivity index (χ0) is 3.58. The lowest BCUT2D eigenvalue weighted by Gasteiger charge is -1.55. The summed E-state index contributed by atoms with van der Waals surface area (Å²) >= 11 is 4.19. The van der Waals surface area contributed by atoms with Gasteiger partial charge < -0.3 is 11.3 Å². The molecule has 0 amide bonds. The first-order valence-electron chi connectivity index (χ1n) is 0.617. The third-order valence-electron chi connectivity index (χ3n) is 0. The van der Waals surface area contributed by atoms with Crippen LogP contribution in [0.15, 0.2) is 0 Å². The zero-order valence-corrected chi connectivity index (χ0v) is 3.20. The molecule has 5 heavy (non-hydrogen) atoms. The first-order chi connectivity index (χ1) is 1.73. The molecule has 0 aliphatic heterocycles. The highest BCUT2D eigenvalue weighted by Gasteiger charge is 1.71. The molecule has 0 aromatic carbocycles. The average Bonchev–Trinajstić information content (AvgIpc) is 0.811. The molecule has 0 spiro atoms. The highest BCUT2D eigenvalue weighted by molar-refractivity contribution is 6.60. The summed E-state index contributed by atoms with van der Waals surface area (Å²) in [7, 11) is 0. The molecule has 0 aliphatic carbocycles. The number of carbonyl (C=O) groups is 1. The number of rotatable bonds is 0. The molecule has 3 nitrogen and oxygen atoms in total. The van der Waals surface area contributed by atoms with E-state index in [9.17, 15) is 0 Å². The molecule has 32 valence electrons. The Hall–Kier alpha value is -0.280. The molecule has 4 heteroatoms. The summed E-state index contributed by atoms with van der Waals surface area (Å²) in [6.45, 7) is 0. The average molecular weight is 97.5 g/mol. The Labute approximate surface area is 34.1 Å². The molecule has 0 radical (unpaired) electrons. The van der Waals surface area contributed by atoms with Gasteiger partial charge in [-0.05, 0) is 0 Å². The predicted octanol–water partition coefficient (Wildman–Crippen LogP) is 1.07. The molecule has 0 aliphatic rings. The van der Waals surface area contributed by atoms with E-state index in [1.807, 2.05) is 0 Å². The van der Waals surface area contributed by atoms with Gasteiger partial charge in [-0.1, -0.05) is 0 Å². The summed E-state index contributed by atoms with van der Waals surface area (Å²) in [6, 6.07) is 0. The predicted molar refractivity (Wildman–Crippen MR) is 18.9 cm³/mol. The molecule has 0 saturated carbocycles. The lowest BCUT2D eigenvalue weighted by Crippen LogP contribution is -1.66. The zero-order valence-electron chi connectivity index (χ0n) is 2.44. The Morgan fingerprint density at radius 3 is 1.80 bits per heavy atom. The number of hydrogen-bond acceptors (Lipinski definition) is 2. The van der Waals surface area contributed by atoms with E-state index in [1.54, 1.807) is 0 Å². The molecule has 0 saturated heterocycles. The van der Waals surface area contributed by atoms with Gasteiger partial charge in [0, 0.05) is 11.6 Å². The van der Waals surface area contributed by atoms with Crippen LogP contribution in [0.1, 0.15) is 0 Å². The van der Waals surface area contributed by atoms with Crippen molar-refractivity contribution in [3.63, 3.8) is 0 Å². The van der Waals surface area contributed by atoms with Gasteiger partial charge in [0.15, 0.2) is 0 Å². The molecular weight excluding hydrogens is 93.5 g/mol. The van der Waals surface area contributed by atoms with Crippen molar-refractivity contribution in [3.05, 3.63) is 0 Å². The smallest absolute Gasteiger partial charge is 0.401 e. The van der Waals surface area contributed by atoms with Crippen molar-refractivity contribution in [1.29, 1.82) is 0 Å². The van der Waals surface area contributed by atoms with Crippen molar-refractivity contribution in [1.82, 2.24) is 6.15 Å². The normalized spacial score (nSPS) is 5.00. The van der Waals surface area contributed by atoms with Crippen LogP contribution in [0.5, 0.6) is 0 Å². The number of halogens is 1. The number of hydrogen-bond donors (Lipinski definition) is 2. The lowest BCUT2D eigenvalue weighted by molar-refractivity contribution is 0.220. The first kappa shape index (κ1) is 8.83. The monoisotopic (exact) mass is 97.0 g/mol. The van der Waals surface area contributed by atoms with Gasteiger partial charge in [-0.25, -0.2) is 4.79 Å². The van der Waals surface area contributed by atoms with Crippen molar-refractivity contribution >= 4 is 17.0 Å². The van der Waals surface area contributed by atoms with Crippen LogP contribution in [0.2, 0.25) is 0 Å². The highest BCUT2D eigenvalue weighted by Crippen LogP contribution is 1.67. The van der Waals surface area contributed by atoms with E-state index in [0.717, 1.165) is 0 Å². The summed E-state index contributed by atoms with van der Waals surface area (Å²) < 4.78 is 0. The van der Waals surface area contributed by atoms with E-state index in [2.05, 4.69) is 11.6 Å². The van der Waals surface area contributed by atoms with Crippen LogP contribution in [0, 0.1) is 0 Å². The minimum Gasteiger partial charge on any atom is -0.469 e. The Morgan fingerprint density at radius 1 is 1.80 bits per heavy atom. The second kappa shape index (κ2) is 3.72. The van der Waals surface area contributed by atoms with Crippen molar-refractivity contribution < 1.29 is 9.90 Å². The van der Waals surface area contributed by atoms with Crippen LogP contribution in [-0.2, 0) is 0 Å². The van der Waals surface area contributed by atoms with E-state index < -0.39 is 5.43 Å². The van der Waals surface area contributed by atoms with Gasteiger partial charge in [0.2, 0.25) is 0 Å². The van der Waals surface area contributed by atoms with Crippen molar-refractivity contribution in [2.75, 3.05) is 0 Å². The fourth-order valence-corrected chi connectivity index (χ4v) is 0. The minimum atomic E-state index is -1.36. The third kappa shape index (κ3) is 140. The van der Waals surface area contributed by atoms with E-state index in [0.29, 0.717) is 0 Å². The van der Waals surface area contributed by atoms with Crippen LogP contribution < -0.4 is 6.15 Å². The Kier molecular flexibility index (Phi) is 6.57. The molecule has 0 unspecified atom stereocenters. The van der Waals surface area contributed by atoms with Gasteiger partial charge in [-0.15, -0.1) is 0 Å². The highest BCUT2D eigenvalue weighted by atomic mass is 35.5. The first-order valence-corrected chi connectivity index (χ1v) is 0.995. The van der Waals surface area contributed by atoms with Gasteiger partial charge in [0.1, 0.15) is 0 Å². The molecule has 0 aromatic rings. The molecule has 0 aromatic heterocycles. The largest absolute Gasteiger partial charge is 0.469 e. The maximum Gasteiger partial charge on any atom is 0.401 e. The van der Waals surface area contributed by atoms with E-state index in [1.165, 1.54) is 0 Å².